The van der Waals surface area contributed by atoms with Gasteiger partial charge in [0.2, 0.25) is 0 Å². The summed E-state index contributed by atoms with van der Waals surface area (Å²) in [7, 11) is 0. The molecule has 0 aliphatic heterocycles. The molecule has 7 rings (SSSR count). The van der Waals surface area contributed by atoms with Gasteiger partial charge in [-0.2, -0.15) is 0 Å². The van der Waals surface area contributed by atoms with E-state index in [1.54, 1.807) is 0 Å². The first kappa shape index (κ1) is 18.9. The molecule has 0 amide bonds. The largest absolute Gasteiger partial charge is 0.354 e. The first-order valence-electron chi connectivity index (χ1n) is 11.2. The van der Waals surface area contributed by atoms with Crippen LogP contribution in [0.2, 0.25) is 0 Å². The zero-order valence-corrected chi connectivity index (χ0v) is 19.4. The van der Waals surface area contributed by atoms with Crippen LogP contribution in [-0.4, -0.2) is 4.98 Å². The SMILES string of the molecule is Brc1ccc2c(c1)C(c1ccccc1)(c1ccccc1)c1ccc3c([nH]c4ccccc43)c1-2. The number of H-pyrrole nitrogens is 1. The lowest BCUT2D eigenvalue weighted by Crippen LogP contribution is -2.28. The van der Waals surface area contributed by atoms with Gasteiger partial charge in [-0.1, -0.05) is 113 Å². The number of para-hydroxylation sites is 1. The molecule has 156 valence electrons. The molecule has 0 fully saturated rings. The van der Waals surface area contributed by atoms with E-state index in [2.05, 4.69) is 136 Å². The molecule has 0 saturated heterocycles. The third-order valence-electron chi connectivity index (χ3n) is 7.15. The summed E-state index contributed by atoms with van der Waals surface area (Å²) in [6.07, 6.45) is 0. The van der Waals surface area contributed by atoms with Gasteiger partial charge in [0.15, 0.2) is 0 Å². The number of nitrogens with one attached hydrogen (secondary N) is 1. The fourth-order valence-electron chi connectivity index (χ4n) is 5.87. The standard InChI is InChI=1S/C31H20BrN/c32-22-15-16-25-27(19-22)31(20-9-3-1-4-10-20,21-11-5-2-6-12-21)26-18-17-24-23-13-7-8-14-28(23)33-30(24)29(25)26/h1-19,33H. The lowest BCUT2D eigenvalue weighted by atomic mass is 9.67. The van der Waals surface area contributed by atoms with Gasteiger partial charge in [-0.05, 0) is 46.0 Å². The van der Waals surface area contributed by atoms with Crippen LogP contribution >= 0.6 is 15.9 Å². The monoisotopic (exact) mass is 485 g/mol. The second kappa shape index (κ2) is 6.94. The third-order valence-corrected chi connectivity index (χ3v) is 7.65. The van der Waals surface area contributed by atoms with E-state index >= 15 is 0 Å². The van der Waals surface area contributed by atoms with Crippen LogP contribution in [-0.2, 0) is 5.41 Å². The van der Waals surface area contributed by atoms with Crippen LogP contribution in [0.1, 0.15) is 22.3 Å². The van der Waals surface area contributed by atoms with Gasteiger partial charge < -0.3 is 4.98 Å². The summed E-state index contributed by atoms with van der Waals surface area (Å²) in [4.78, 5) is 3.76. The Morgan fingerprint density at radius 2 is 1.24 bits per heavy atom. The van der Waals surface area contributed by atoms with E-state index in [9.17, 15) is 0 Å². The van der Waals surface area contributed by atoms with Gasteiger partial charge in [-0.3, -0.25) is 0 Å². The first-order chi connectivity index (χ1) is 16.3. The number of aromatic nitrogens is 1. The van der Waals surface area contributed by atoms with Gasteiger partial charge >= 0.3 is 0 Å². The highest BCUT2D eigenvalue weighted by Gasteiger charge is 2.47. The zero-order valence-electron chi connectivity index (χ0n) is 17.8. The molecular weight excluding hydrogens is 466 g/mol. The smallest absolute Gasteiger partial charge is 0.0714 e. The lowest BCUT2D eigenvalue weighted by molar-refractivity contribution is 0.768. The molecule has 0 unspecified atom stereocenters. The average Bonchev–Trinajstić information content (AvgIpc) is 3.38. The molecule has 1 aliphatic rings. The van der Waals surface area contributed by atoms with Crippen molar-refractivity contribution in [2.75, 3.05) is 0 Å². The van der Waals surface area contributed by atoms with Crippen molar-refractivity contribution in [2.45, 2.75) is 5.41 Å². The second-order valence-electron chi connectivity index (χ2n) is 8.75. The van der Waals surface area contributed by atoms with E-state index in [0.29, 0.717) is 0 Å². The third kappa shape index (κ3) is 2.47. The minimum Gasteiger partial charge on any atom is -0.354 e. The number of aromatic amines is 1. The maximum Gasteiger partial charge on any atom is 0.0714 e. The van der Waals surface area contributed by atoms with Gasteiger partial charge in [-0.25, -0.2) is 0 Å². The van der Waals surface area contributed by atoms with Crippen LogP contribution in [0.15, 0.2) is 120 Å². The molecule has 6 aromatic rings. The van der Waals surface area contributed by atoms with Gasteiger partial charge in [0.25, 0.3) is 0 Å². The van der Waals surface area contributed by atoms with E-state index in [1.165, 1.54) is 55.2 Å². The maximum atomic E-state index is 3.78. The molecule has 2 heteroatoms. The van der Waals surface area contributed by atoms with Crippen LogP contribution in [0.3, 0.4) is 0 Å². The Labute approximate surface area is 200 Å². The van der Waals surface area contributed by atoms with Crippen molar-refractivity contribution in [1.29, 1.82) is 0 Å². The minimum atomic E-state index is -0.386. The fraction of sp³-hybridized carbons (Fsp3) is 0.0323. The summed E-state index contributed by atoms with van der Waals surface area (Å²) >= 11 is 3.78. The Hall–Kier alpha value is -3.62. The van der Waals surface area contributed by atoms with Gasteiger partial charge in [0.05, 0.1) is 10.9 Å². The predicted molar refractivity (Wildman–Crippen MR) is 141 cm³/mol. The van der Waals surface area contributed by atoms with E-state index in [4.69, 9.17) is 0 Å². The molecule has 0 radical (unpaired) electrons. The number of fused-ring (bicyclic) bond motifs is 7. The Kier molecular flexibility index (Phi) is 3.97. The van der Waals surface area contributed by atoms with Crippen molar-refractivity contribution in [3.8, 4) is 11.1 Å². The number of halogens is 1. The zero-order chi connectivity index (χ0) is 22.0. The van der Waals surface area contributed by atoms with Crippen molar-refractivity contribution in [1.82, 2.24) is 4.98 Å². The maximum absolute atomic E-state index is 3.78. The number of benzene rings is 5. The molecular formula is C31H20BrN. The van der Waals surface area contributed by atoms with E-state index < -0.39 is 0 Å². The summed E-state index contributed by atoms with van der Waals surface area (Å²) < 4.78 is 1.10. The highest BCUT2D eigenvalue weighted by atomic mass is 79.9. The molecule has 0 bridgehead atoms. The van der Waals surface area contributed by atoms with E-state index in [-0.39, 0.29) is 5.41 Å². The highest BCUT2D eigenvalue weighted by Crippen LogP contribution is 2.58. The number of hydrogen-bond donors (Lipinski definition) is 1. The molecule has 1 aromatic heterocycles. The molecule has 1 nitrogen and oxygen atoms in total. The summed E-state index contributed by atoms with van der Waals surface area (Å²) in [6.45, 7) is 0. The number of rotatable bonds is 2. The molecule has 0 spiro atoms. The lowest BCUT2D eigenvalue weighted by Gasteiger charge is -2.34. The molecule has 5 aromatic carbocycles. The van der Waals surface area contributed by atoms with Crippen molar-refractivity contribution in [2.24, 2.45) is 0 Å². The second-order valence-corrected chi connectivity index (χ2v) is 9.67. The Balaban J connectivity index is 1.72. The van der Waals surface area contributed by atoms with Crippen LogP contribution in [0.25, 0.3) is 32.9 Å². The van der Waals surface area contributed by atoms with Gasteiger partial charge in [0.1, 0.15) is 0 Å². The van der Waals surface area contributed by atoms with Crippen LogP contribution in [0.5, 0.6) is 0 Å². The quantitative estimate of drug-likeness (QED) is 0.252. The van der Waals surface area contributed by atoms with Crippen LogP contribution in [0, 0.1) is 0 Å². The average molecular weight is 486 g/mol. The van der Waals surface area contributed by atoms with Crippen molar-refractivity contribution >= 4 is 37.7 Å². The van der Waals surface area contributed by atoms with Gasteiger partial charge in [-0.15, -0.1) is 0 Å². The predicted octanol–water partition coefficient (Wildman–Crippen LogP) is 8.45. The minimum absolute atomic E-state index is 0.386. The Bertz CT molecular complexity index is 1620. The van der Waals surface area contributed by atoms with E-state index in [0.717, 1.165) is 4.47 Å². The van der Waals surface area contributed by atoms with Crippen LogP contribution in [0.4, 0.5) is 0 Å². The van der Waals surface area contributed by atoms with Gasteiger partial charge in [0, 0.05) is 26.3 Å². The first-order valence-corrected chi connectivity index (χ1v) is 12.0. The highest BCUT2D eigenvalue weighted by molar-refractivity contribution is 9.10. The summed E-state index contributed by atoms with van der Waals surface area (Å²) in [6, 6.07) is 41.9. The van der Waals surface area contributed by atoms with Crippen molar-refractivity contribution < 1.29 is 0 Å². The summed E-state index contributed by atoms with van der Waals surface area (Å²) in [5, 5.41) is 2.54. The van der Waals surface area contributed by atoms with Crippen molar-refractivity contribution in [3.05, 3.63) is 142 Å². The molecule has 1 heterocycles. The summed E-state index contributed by atoms with van der Waals surface area (Å²) in [5.41, 5.74) is 9.80. The topological polar surface area (TPSA) is 15.8 Å². The molecule has 1 aliphatic carbocycles. The molecule has 0 saturated carbocycles. The van der Waals surface area contributed by atoms with Crippen molar-refractivity contribution in [3.63, 3.8) is 0 Å². The molecule has 33 heavy (non-hydrogen) atoms. The summed E-state index contributed by atoms with van der Waals surface area (Å²) in [5.74, 6) is 0. The Morgan fingerprint density at radius 3 is 1.97 bits per heavy atom. The van der Waals surface area contributed by atoms with E-state index in [1.807, 2.05) is 0 Å². The molecule has 1 N–H and O–H groups in total. The number of hydrogen-bond acceptors (Lipinski definition) is 0. The normalized spacial score (nSPS) is 13.8. The Morgan fingerprint density at radius 1 is 0.576 bits per heavy atom. The molecule has 0 atom stereocenters. The fourth-order valence-corrected chi connectivity index (χ4v) is 6.23. The van der Waals surface area contributed by atoms with Crippen LogP contribution < -0.4 is 0 Å².